The zero-order valence-corrected chi connectivity index (χ0v) is 13.0. The normalized spacial score (nSPS) is 17.9. The van der Waals surface area contributed by atoms with Gasteiger partial charge in [0.1, 0.15) is 0 Å². The lowest BCUT2D eigenvalue weighted by Crippen LogP contribution is -2.33. The molecule has 1 atom stereocenters. The van der Waals surface area contributed by atoms with E-state index in [-0.39, 0.29) is 5.97 Å². The Hall–Kier alpha value is -1.06. The number of rotatable bonds is 4. The van der Waals surface area contributed by atoms with Crippen LogP contribution >= 0.6 is 0 Å². The van der Waals surface area contributed by atoms with Crippen molar-refractivity contribution in [3.8, 4) is 0 Å². The molecule has 0 N–H and O–H groups in total. The largest absolute Gasteiger partial charge is 0.463 e. The summed E-state index contributed by atoms with van der Waals surface area (Å²) >= 11 is 0. The second kappa shape index (κ2) is 8.94. The van der Waals surface area contributed by atoms with E-state index in [2.05, 4.69) is 13.8 Å². The zero-order chi connectivity index (χ0) is 14.9. The summed E-state index contributed by atoms with van der Waals surface area (Å²) in [6, 6.07) is 0. The first-order chi connectivity index (χ1) is 8.91. The number of hydrogen-bond donors (Lipinski definition) is 0. The molecule has 0 aromatic carbocycles. The highest BCUT2D eigenvalue weighted by Crippen LogP contribution is 2.38. The van der Waals surface area contributed by atoms with Gasteiger partial charge in [0.25, 0.3) is 0 Å². The third-order valence-corrected chi connectivity index (χ3v) is 3.10. The van der Waals surface area contributed by atoms with Crippen LogP contribution in [0.4, 0.5) is 0 Å². The van der Waals surface area contributed by atoms with Crippen LogP contribution in [0.3, 0.4) is 0 Å². The van der Waals surface area contributed by atoms with Gasteiger partial charge >= 0.3 is 11.9 Å². The maximum atomic E-state index is 11.9. The molecule has 4 heteroatoms. The predicted molar refractivity (Wildman–Crippen MR) is 74.7 cm³/mol. The molecule has 0 aromatic rings. The highest BCUT2D eigenvalue weighted by atomic mass is 16.6. The molecule has 112 valence electrons. The Kier molecular flexibility index (Phi) is 8.44. The van der Waals surface area contributed by atoms with Gasteiger partial charge in [-0.2, -0.15) is 0 Å². The Morgan fingerprint density at radius 3 is 2.05 bits per heavy atom. The lowest BCUT2D eigenvalue weighted by Gasteiger charge is -2.23. The molecule has 1 saturated carbocycles. The molecule has 0 heterocycles. The van der Waals surface area contributed by atoms with E-state index in [0.717, 1.165) is 25.7 Å². The molecule has 1 aliphatic carbocycles. The van der Waals surface area contributed by atoms with Crippen molar-refractivity contribution in [2.45, 2.75) is 72.8 Å². The Morgan fingerprint density at radius 1 is 1.16 bits per heavy atom. The summed E-state index contributed by atoms with van der Waals surface area (Å²) in [5, 5.41) is 0. The Bertz CT molecular complexity index is 280. The van der Waals surface area contributed by atoms with Crippen LogP contribution in [0, 0.1) is 5.41 Å². The number of hydrogen-bond acceptors (Lipinski definition) is 4. The summed E-state index contributed by atoms with van der Waals surface area (Å²) in [6.45, 7) is 9.73. The van der Waals surface area contributed by atoms with E-state index in [4.69, 9.17) is 9.47 Å². The second-order valence-corrected chi connectivity index (χ2v) is 5.27. The molecule has 1 aliphatic rings. The topological polar surface area (TPSA) is 52.6 Å². The quantitative estimate of drug-likeness (QED) is 0.735. The summed E-state index contributed by atoms with van der Waals surface area (Å²) in [4.78, 5) is 23.2. The molecule has 0 aliphatic heterocycles. The summed E-state index contributed by atoms with van der Waals surface area (Å²) in [5.41, 5.74) is -0.402. The van der Waals surface area contributed by atoms with Crippen molar-refractivity contribution in [1.82, 2.24) is 0 Å². The first kappa shape index (κ1) is 17.9. The predicted octanol–water partition coefficient (Wildman–Crippen LogP) is 3.48. The molecule has 1 unspecified atom stereocenters. The smallest absolute Gasteiger partial charge is 0.347 e. The van der Waals surface area contributed by atoms with Gasteiger partial charge in [0.2, 0.25) is 0 Å². The van der Waals surface area contributed by atoms with E-state index in [0.29, 0.717) is 6.61 Å². The minimum absolute atomic E-state index is 0.273. The first-order valence-corrected chi connectivity index (χ1v) is 7.29. The monoisotopic (exact) mass is 272 g/mol. The number of carbonyl (C=O) groups excluding carboxylic acids is 2. The van der Waals surface area contributed by atoms with Gasteiger partial charge in [-0.3, -0.25) is 4.79 Å². The van der Waals surface area contributed by atoms with Crippen LogP contribution in [0.1, 0.15) is 66.7 Å². The Morgan fingerprint density at radius 2 is 1.63 bits per heavy atom. The van der Waals surface area contributed by atoms with Crippen LogP contribution in [0.15, 0.2) is 0 Å². The highest BCUT2D eigenvalue weighted by molar-refractivity contribution is 5.82. The van der Waals surface area contributed by atoms with E-state index in [1.54, 1.807) is 13.8 Å². The average Bonchev–Trinajstić information content (AvgIpc) is 2.79. The summed E-state index contributed by atoms with van der Waals surface area (Å²) in [5.74, 6) is -0.747. The molecule has 1 fully saturated rings. The van der Waals surface area contributed by atoms with Crippen LogP contribution in [-0.2, 0) is 19.1 Å². The van der Waals surface area contributed by atoms with Gasteiger partial charge in [0, 0.05) is 0 Å². The molecule has 0 bridgehead atoms. The first-order valence-electron chi connectivity index (χ1n) is 7.29. The van der Waals surface area contributed by atoms with Gasteiger partial charge in [-0.05, 0) is 33.6 Å². The van der Waals surface area contributed by atoms with Gasteiger partial charge in [-0.1, -0.05) is 33.1 Å². The lowest BCUT2D eigenvalue weighted by molar-refractivity contribution is -0.172. The lowest BCUT2D eigenvalue weighted by atomic mass is 9.89. The van der Waals surface area contributed by atoms with Gasteiger partial charge in [-0.25, -0.2) is 4.79 Å². The van der Waals surface area contributed by atoms with Crippen LogP contribution in [0.25, 0.3) is 0 Å². The van der Waals surface area contributed by atoms with Crippen LogP contribution in [0.2, 0.25) is 0 Å². The molecular formula is C15H28O4. The number of esters is 2. The van der Waals surface area contributed by atoms with Gasteiger partial charge in [0.15, 0.2) is 6.10 Å². The number of ether oxygens (including phenoxy) is 2. The molecule has 19 heavy (non-hydrogen) atoms. The van der Waals surface area contributed by atoms with Gasteiger partial charge in [0.05, 0.1) is 12.0 Å². The maximum Gasteiger partial charge on any atom is 0.347 e. The van der Waals surface area contributed by atoms with Crippen LogP contribution in [0.5, 0.6) is 0 Å². The molecule has 0 saturated heterocycles. The van der Waals surface area contributed by atoms with Gasteiger partial charge < -0.3 is 9.47 Å². The van der Waals surface area contributed by atoms with Gasteiger partial charge in [-0.15, -0.1) is 0 Å². The highest BCUT2D eigenvalue weighted by Gasteiger charge is 2.39. The molecule has 0 radical (unpaired) electrons. The van der Waals surface area contributed by atoms with E-state index in [9.17, 15) is 9.59 Å². The summed E-state index contributed by atoms with van der Waals surface area (Å²) in [6.07, 6.45) is 4.26. The fourth-order valence-electron chi connectivity index (χ4n) is 1.97. The summed E-state index contributed by atoms with van der Waals surface area (Å²) < 4.78 is 9.92. The Balaban J connectivity index is 0.000000982. The van der Waals surface area contributed by atoms with E-state index < -0.39 is 17.5 Å². The third-order valence-electron chi connectivity index (χ3n) is 3.10. The number of carbonyl (C=O) groups is 2. The van der Waals surface area contributed by atoms with Crippen molar-refractivity contribution in [3.63, 3.8) is 0 Å². The average molecular weight is 272 g/mol. The van der Waals surface area contributed by atoms with Crippen molar-refractivity contribution in [2.75, 3.05) is 6.61 Å². The minimum Gasteiger partial charge on any atom is -0.463 e. The van der Waals surface area contributed by atoms with E-state index in [1.807, 2.05) is 6.92 Å². The van der Waals surface area contributed by atoms with Crippen molar-refractivity contribution >= 4 is 11.9 Å². The van der Waals surface area contributed by atoms with Crippen molar-refractivity contribution in [2.24, 2.45) is 5.41 Å². The van der Waals surface area contributed by atoms with Crippen molar-refractivity contribution in [1.29, 1.82) is 0 Å². The molecule has 0 amide bonds. The molecule has 0 spiro atoms. The second-order valence-electron chi connectivity index (χ2n) is 5.27. The molecule has 1 rings (SSSR count). The Labute approximate surface area is 116 Å². The fourth-order valence-corrected chi connectivity index (χ4v) is 1.97. The van der Waals surface area contributed by atoms with Crippen molar-refractivity contribution < 1.29 is 19.1 Å². The minimum atomic E-state index is -0.801. The maximum absolute atomic E-state index is 11.9. The van der Waals surface area contributed by atoms with Crippen molar-refractivity contribution in [3.05, 3.63) is 0 Å². The van der Waals surface area contributed by atoms with E-state index >= 15 is 0 Å². The molecule has 0 aromatic heterocycles. The third kappa shape index (κ3) is 6.08. The zero-order valence-electron chi connectivity index (χ0n) is 13.0. The SMILES string of the molecule is CCC.CCOC(=O)C(C)OC(=O)C1(C)CCCC1. The summed E-state index contributed by atoms with van der Waals surface area (Å²) in [7, 11) is 0. The standard InChI is InChI=1S/C12H20O4.C3H8/c1-4-15-10(13)9(2)16-11(14)12(3)7-5-6-8-12;1-3-2/h9H,4-8H2,1-3H3;3H2,1-2H3. The van der Waals surface area contributed by atoms with E-state index in [1.165, 1.54) is 6.42 Å². The molecule has 4 nitrogen and oxygen atoms in total. The van der Waals surface area contributed by atoms with Crippen LogP contribution < -0.4 is 0 Å². The van der Waals surface area contributed by atoms with Crippen LogP contribution in [-0.4, -0.2) is 24.6 Å². The molecular weight excluding hydrogens is 244 g/mol. The fraction of sp³-hybridized carbons (Fsp3) is 0.867.